The van der Waals surface area contributed by atoms with Crippen LogP contribution in [0.1, 0.15) is 25.7 Å². The van der Waals surface area contributed by atoms with Gasteiger partial charge < -0.3 is 10.1 Å². The molecule has 3 fully saturated rings. The van der Waals surface area contributed by atoms with E-state index in [1.807, 2.05) is 0 Å². The highest BCUT2D eigenvalue weighted by Gasteiger charge is 2.59. The van der Waals surface area contributed by atoms with E-state index < -0.39 is 0 Å². The minimum Gasteiger partial charge on any atom is -0.380 e. The second-order valence-corrected chi connectivity index (χ2v) is 4.86. The van der Waals surface area contributed by atoms with Gasteiger partial charge in [0.1, 0.15) is 0 Å². The predicted molar refractivity (Wildman–Crippen MR) is 47.0 cm³/mol. The number of ether oxygens (including phenoxy) is 1. The van der Waals surface area contributed by atoms with Gasteiger partial charge in [0.25, 0.3) is 0 Å². The lowest BCUT2D eigenvalue weighted by Crippen LogP contribution is -2.42. The van der Waals surface area contributed by atoms with E-state index in [2.05, 4.69) is 5.32 Å². The molecule has 1 N–H and O–H groups in total. The predicted octanol–water partition coefficient (Wildman–Crippen LogP) is 1.17. The van der Waals surface area contributed by atoms with Crippen molar-refractivity contribution >= 4 is 0 Å². The van der Waals surface area contributed by atoms with Crippen LogP contribution in [-0.4, -0.2) is 26.3 Å². The fourth-order valence-corrected chi connectivity index (χ4v) is 3.54. The lowest BCUT2D eigenvalue weighted by Gasteiger charge is -2.41. The number of hydrogen-bond donors (Lipinski definition) is 1. The Balaban J connectivity index is 2.00. The fourth-order valence-electron chi connectivity index (χ4n) is 3.54. The van der Waals surface area contributed by atoms with Crippen LogP contribution in [0.5, 0.6) is 0 Å². The van der Waals surface area contributed by atoms with Crippen LogP contribution in [0.2, 0.25) is 0 Å². The Kier molecular flexibility index (Phi) is 1.37. The third-order valence-corrected chi connectivity index (χ3v) is 4.37. The van der Waals surface area contributed by atoms with Crippen LogP contribution in [0.25, 0.3) is 0 Å². The highest BCUT2D eigenvalue weighted by atomic mass is 16.5. The van der Waals surface area contributed by atoms with Crippen LogP contribution in [0.15, 0.2) is 0 Å². The molecule has 0 aromatic heterocycles. The first-order chi connectivity index (χ1) is 5.87. The molecule has 0 bridgehead atoms. The molecule has 0 amide bonds. The number of rotatable bonds is 0. The van der Waals surface area contributed by atoms with Gasteiger partial charge in [-0.25, -0.2) is 0 Å². The molecule has 0 aromatic rings. The number of nitrogens with one attached hydrogen (secondary N) is 1. The molecule has 2 heteroatoms. The summed E-state index contributed by atoms with van der Waals surface area (Å²) in [7, 11) is 0. The highest BCUT2D eigenvalue weighted by Crippen LogP contribution is 2.56. The minimum absolute atomic E-state index is 0.547. The minimum atomic E-state index is 0.547. The van der Waals surface area contributed by atoms with E-state index in [4.69, 9.17) is 4.74 Å². The highest BCUT2D eigenvalue weighted by molar-refractivity contribution is 5.10. The van der Waals surface area contributed by atoms with Gasteiger partial charge in [-0.2, -0.15) is 0 Å². The third kappa shape index (κ3) is 0.686. The molecule has 1 aliphatic carbocycles. The van der Waals surface area contributed by atoms with Gasteiger partial charge in [-0.05, 0) is 12.8 Å². The van der Waals surface area contributed by atoms with Crippen molar-refractivity contribution in [1.29, 1.82) is 0 Å². The molecule has 3 rings (SSSR count). The maximum absolute atomic E-state index is 5.70. The topological polar surface area (TPSA) is 21.3 Å². The van der Waals surface area contributed by atoms with E-state index in [-0.39, 0.29) is 0 Å². The van der Waals surface area contributed by atoms with Gasteiger partial charge in [0, 0.05) is 23.9 Å². The van der Waals surface area contributed by atoms with Crippen molar-refractivity contribution in [3.8, 4) is 0 Å². The van der Waals surface area contributed by atoms with Crippen molar-refractivity contribution in [2.75, 3.05) is 26.3 Å². The zero-order chi connectivity index (χ0) is 8.07. The molecular weight excluding hydrogens is 150 g/mol. The summed E-state index contributed by atoms with van der Waals surface area (Å²) in [4.78, 5) is 0. The van der Waals surface area contributed by atoms with Crippen molar-refractivity contribution in [3.63, 3.8) is 0 Å². The van der Waals surface area contributed by atoms with Crippen molar-refractivity contribution in [1.82, 2.24) is 5.32 Å². The van der Waals surface area contributed by atoms with Crippen LogP contribution in [-0.2, 0) is 4.74 Å². The normalized spacial score (nSPS) is 52.0. The summed E-state index contributed by atoms with van der Waals surface area (Å²) in [6, 6.07) is 0. The largest absolute Gasteiger partial charge is 0.380 e. The Morgan fingerprint density at radius 2 is 1.50 bits per heavy atom. The molecule has 2 heterocycles. The SMILES string of the molecule is C1CC[C@@]23CNC[C@@]2(C1)COC3. The maximum Gasteiger partial charge on any atom is 0.0541 e. The van der Waals surface area contributed by atoms with Crippen molar-refractivity contribution in [2.45, 2.75) is 25.7 Å². The Morgan fingerprint density at radius 3 is 2.08 bits per heavy atom. The maximum atomic E-state index is 5.70. The molecule has 0 spiro atoms. The van der Waals surface area contributed by atoms with Gasteiger partial charge in [-0.3, -0.25) is 0 Å². The van der Waals surface area contributed by atoms with E-state index in [9.17, 15) is 0 Å². The lowest BCUT2D eigenvalue weighted by atomic mass is 9.60. The Labute approximate surface area is 73.7 Å². The second-order valence-electron chi connectivity index (χ2n) is 4.86. The van der Waals surface area contributed by atoms with Crippen LogP contribution in [0.3, 0.4) is 0 Å². The smallest absolute Gasteiger partial charge is 0.0541 e. The standard InChI is InChI=1S/C10H17NO/c1-2-4-10-6-11-5-9(10,3-1)7-12-8-10/h11H,1-8H2/t9-,10-/m0/s1. The quantitative estimate of drug-likeness (QED) is 0.584. The molecule has 2 aliphatic heterocycles. The summed E-state index contributed by atoms with van der Waals surface area (Å²) >= 11 is 0. The molecule has 0 aromatic carbocycles. The van der Waals surface area contributed by atoms with Crippen molar-refractivity contribution in [2.24, 2.45) is 10.8 Å². The molecule has 2 saturated heterocycles. The molecule has 12 heavy (non-hydrogen) atoms. The third-order valence-electron chi connectivity index (χ3n) is 4.37. The second kappa shape index (κ2) is 2.24. The molecule has 2 atom stereocenters. The monoisotopic (exact) mass is 167 g/mol. The molecule has 0 unspecified atom stereocenters. The molecule has 68 valence electrons. The first-order valence-electron chi connectivity index (χ1n) is 5.16. The zero-order valence-corrected chi connectivity index (χ0v) is 7.57. The first-order valence-corrected chi connectivity index (χ1v) is 5.16. The molecule has 2 nitrogen and oxygen atoms in total. The lowest BCUT2D eigenvalue weighted by molar-refractivity contribution is 0.0945. The van der Waals surface area contributed by atoms with Crippen LogP contribution >= 0.6 is 0 Å². The Bertz CT molecular complexity index is 172. The average Bonchev–Trinajstić information content (AvgIpc) is 2.57. The van der Waals surface area contributed by atoms with E-state index in [1.165, 1.54) is 38.8 Å². The molecule has 0 radical (unpaired) electrons. The fraction of sp³-hybridized carbons (Fsp3) is 1.00. The van der Waals surface area contributed by atoms with E-state index in [0.717, 1.165) is 13.2 Å². The van der Waals surface area contributed by atoms with Gasteiger partial charge in [0.2, 0.25) is 0 Å². The summed E-state index contributed by atoms with van der Waals surface area (Å²) in [5.74, 6) is 0. The van der Waals surface area contributed by atoms with E-state index in [0.29, 0.717) is 10.8 Å². The van der Waals surface area contributed by atoms with Gasteiger partial charge in [-0.1, -0.05) is 12.8 Å². The van der Waals surface area contributed by atoms with Gasteiger partial charge >= 0.3 is 0 Å². The van der Waals surface area contributed by atoms with Crippen LogP contribution < -0.4 is 5.32 Å². The van der Waals surface area contributed by atoms with Crippen molar-refractivity contribution in [3.05, 3.63) is 0 Å². The summed E-state index contributed by atoms with van der Waals surface area (Å²) in [5.41, 5.74) is 1.09. The van der Waals surface area contributed by atoms with Crippen molar-refractivity contribution < 1.29 is 4.74 Å². The van der Waals surface area contributed by atoms with E-state index in [1.54, 1.807) is 0 Å². The van der Waals surface area contributed by atoms with Crippen LogP contribution in [0, 0.1) is 10.8 Å². The van der Waals surface area contributed by atoms with Gasteiger partial charge in [-0.15, -0.1) is 0 Å². The molecule has 3 aliphatic rings. The average molecular weight is 167 g/mol. The van der Waals surface area contributed by atoms with Crippen LogP contribution in [0.4, 0.5) is 0 Å². The van der Waals surface area contributed by atoms with Gasteiger partial charge in [0.05, 0.1) is 13.2 Å². The molecular formula is C10H17NO. The Hall–Kier alpha value is -0.0800. The zero-order valence-electron chi connectivity index (χ0n) is 7.57. The first kappa shape index (κ1) is 7.34. The summed E-state index contributed by atoms with van der Waals surface area (Å²) < 4.78 is 5.70. The summed E-state index contributed by atoms with van der Waals surface area (Å²) in [6.07, 6.45) is 5.65. The summed E-state index contributed by atoms with van der Waals surface area (Å²) in [5, 5.41) is 3.57. The van der Waals surface area contributed by atoms with Gasteiger partial charge in [0.15, 0.2) is 0 Å². The summed E-state index contributed by atoms with van der Waals surface area (Å²) in [6.45, 7) is 4.49. The number of hydrogen-bond acceptors (Lipinski definition) is 2. The van der Waals surface area contributed by atoms with E-state index >= 15 is 0 Å². The Morgan fingerprint density at radius 1 is 0.917 bits per heavy atom. The molecule has 1 saturated carbocycles.